The van der Waals surface area contributed by atoms with Crippen LogP contribution in [0.15, 0.2) is 60.8 Å². The summed E-state index contributed by atoms with van der Waals surface area (Å²) in [7, 11) is 1.62. The van der Waals surface area contributed by atoms with E-state index < -0.39 is 0 Å². The number of para-hydroxylation sites is 1. The van der Waals surface area contributed by atoms with Crippen LogP contribution in [-0.4, -0.2) is 64.7 Å². The smallest absolute Gasteiger partial charge is 0.257 e. The standard InChI is InChI=1S/C25H28N4O3/c1-18(2)24(30)27-12-14-28(15-13-27)25(31)22-17-29(20-9-5-4-6-10-20)26-23(22)19-8-7-11-21(16-19)32-3/h4-11,16-18H,12-15H2,1-3H3. The lowest BCUT2D eigenvalue weighted by atomic mass is 10.1. The molecule has 1 aliphatic rings. The first-order chi connectivity index (χ1) is 15.5. The highest BCUT2D eigenvalue weighted by atomic mass is 16.5. The fourth-order valence-corrected chi connectivity index (χ4v) is 3.89. The number of piperazine rings is 1. The molecule has 1 aromatic heterocycles. The van der Waals surface area contributed by atoms with E-state index in [4.69, 9.17) is 9.84 Å². The van der Waals surface area contributed by atoms with Gasteiger partial charge in [0, 0.05) is 43.9 Å². The first-order valence-corrected chi connectivity index (χ1v) is 10.9. The van der Waals surface area contributed by atoms with Crippen LogP contribution in [-0.2, 0) is 4.79 Å². The number of carbonyl (C=O) groups excluding carboxylic acids is 2. The molecule has 4 rings (SSSR count). The summed E-state index contributed by atoms with van der Waals surface area (Å²) in [5, 5.41) is 4.76. The highest BCUT2D eigenvalue weighted by Crippen LogP contribution is 2.28. The van der Waals surface area contributed by atoms with E-state index in [0.717, 1.165) is 11.3 Å². The van der Waals surface area contributed by atoms with Gasteiger partial charge in [0.25, 0.3) is 5.91 Å². The Morgan fingerprint density at radius 3 is 2.28 bits per heavy atom. The van der Waals surface area contributed by atoms with Gasteiger partial charge in [0.15, 0.2) is 0 Å². The third kappa shape index (κ3) is 4.37. The molecule has 2 heterocycles. The van der Waals surface area contributed by atoms with E-state index in [1.165, 1.54) is 0 Å². The number of amides is 2. The van der Waals surface area contributed by atoms with Crippen LogP contribution in [0.3, 0.4) is 0 Å². The highest BCUT2D eigenvalue weighted by molar-refractivity contribution is 6.00. The maximum atomic E-state index is 13.5. The van der Waals surface area contributed by atoms with Crippen molar-refractivity contribution in [3.63, 3.8) is 0 Å². The van der Waals surface area contributed by atoms with Crippen LogP contribution in [0.25, 0.3) is 16.9 Å². The van der Waals surface area contributed by atoms with Gasteiger partial charge in [-0.1, -0.05) is 44.2 Å². The lowest BCUT2D eigenvalue weighted by molar-refractivity contribution is -0.135. The highest BCUT2D eigenvalue weighted by Gasteiger charge is 2.29. The maximum Gasteiger partial charge on any atom is 0.257 e. The van der Waals surface area contributed by atoms with Gasteiger partial charge in [-0.3, -0.25) is 9.59 Å². The van der Waals surface area contributed by atoms with Crippen molar-refractivity contribution in [2.45, 2.75) is 13.8 Å². The van der Waals surface area contributed by atoms with Crippen LogP contribution in [0.1, 0.15) is 24.2 Å². The molecule has 0 aliphatic carbocycles. The number of hydrogen-bond donors (Lipinski definition) is 0. The Hall–Kier alpha value is -3.61. The minimum atomic E-state index is -0.0818. The van der Waals surface area contributed by atoms with Crippen molar-refractivity contribution in [3.8, 4) is 22.7 Å². The monoisotopic (exact) mass is 432 g/mol. The SMILES string of the molecule is COc1cccc(-c2nn(-c3ccccc3)cc2C(=O)N2CCN(C(=O)C(C)C)CC2)c1. The molecule has 3 aromatic rings. The normalized spacial score (nSPS) is 14.0. The van der Waals surface area contributed by atoms with Crippen LogP contribution in [0.2, 0.25) is 0 Å². The van der Waals surface area contributed by atoms with Crippen LogP contribution < -0.4 is 4.74 Å². The van der Waals surface area contributed by atoms with Gasteiger partial charge < -0.3 is 14.5 Å². The summed E-state index contributed by atoms with van der Waals surface area (Å²) in [4.78, 5) is 29.5. The summed E-state index contributed by atoms with van der Waals surface area (Å²) in [5.74, 6) is 0.713. The minimum absolute atomic E-state index is 0.0407. The van der Waals surface area contributed by atoms with Crippen molar-refractivity contribution in [2.24, 2.45) is 5.92 Å². The molecule has 0 unspecified atom stereocenters. The van der Waals surface area contributed by atoms with Gasteiger partial charge >= 0.3 is 0 Å². The van der Waals surface area contributed by atoms with Crippen molar-refractivity contribution >= 4 is 11.8 Å². The molecular weight excluding hydrogens is 404 g/mol. The topological polar surface area (TPSA) is 67.7 Å². The fourth-order valence-electron chi connectivity index (χ4n) is 3.89. The Labute approximate surface area is 188 Å². The molecular formula is C25H28N4O3. The second-order valence-corrected chi connectivity index (χ2v) is 8.18. The molecule has 7 heteroatoms. The van der Waals surface area contributed by atoms with Crippen molar-refractivity contribution in [1.29, 1.82) is 0 Å². The van der Waals surface area contributed by atoms with E-state index in [9.17, 15) is 9.59 Å². The second-order valence-electron chi connectivity index (χ2n) is 8.18. The van der Waals surface area contributed by atoms with E-state index in [1.807, 2.05) is 73.3 Å². The predicted molar refractivity (Wildman–Crippen MR) is 123 cm³/mol. The number of benzene rings is 2. The van der Waals surface area contributed by atoms with Crippen LogP contribution >= 0.6 is 0 Å². The molecule has 0 spiro atoms. The molecule has 2 amide bonds. The Kier molecular flexibility index (Phi) is 6.25. The molecule has 1 saturated heterocycles. The summed E-state index contributed by atoms with van der Waals surface area (Å²) >= 11 is 0. The summed E-state index contributed by atoms with van der Waals surface area (Å²) in [6.07, 6.45) is 1.79. The van der Waals surface area contributed by atoms with Crippen LogP contribution in [0.5, 0.6) is 5.75 Å². The second kappa shape index (κ2) is 9.26. The molecule has 0 N–H and O–H groups in total. The molecule has 7 nitrogen and oxygen atoms in total. The third-order valence-corrected chi connectivity index (χ3v) is 5.68. The van der Waals surface area contributed by atoms with Crippen molar-refractivity contribution in [1.82, 2.24) is 19.6 Å². The fraction of sp³-hybridized carbons (Fsp3) is 0.320. The number of ether oxygens (including phenoxy) is 1. The number of nitrogens with zero attached hydrogens (tertiary/aromatic N) is 4. The Balaban J connectivity index is 1.65. The molecule has 166 valence electrons. The first kappa shape index (κ1) is 21.6. The number of rotatable bonds is 5. The van der Waals surface area contributed by atoms with Gasteiger partial charge in [-0.15, -0.1) is 0 Å². The van der Waals surface area contributed by atoms with Crippen molar-refractivity contribution < 1.29 is 14.3 Å². The predicted octanol–water partition coefficient (Wildman–Crippen LogP) is 3.49. The third-order valence-electron chi connectivity index (χ3n) is 5.68. The molecule has 1 fully saturated rings. The first-order valence-electron chi connectivity index (χ1n) is 10.9. The van der Waals surface area contributed by atoms with Crippen LogP contribution in [0.4, 0.5) is 0 Å². The zero-order valence-corrected chi connectivity index (χ0v) is 18.7. The van der Waals surface area contributed by atoms with E-state index in [1.54, 1.807) is 22.9 Å². The quantitative estimate of drug-likeness (QED) is 0.619. The average Bonchev–Trinajstić information content (AvgIpc) is 3.29. The van der Waals surface area contributed by atoms with E-state index >= 15 is 0 Å². The molecule has 0 radical (unpaired) electrons. The molecule has 2 aromatic carbocycles. The number of aromatic nitrogens is 2. The van der Waals surface area contributed by atoms with Gasteiger partial charge in [-0.25, -0.2) is 4.68 Å². The Morgan fingerprint density at radius 2 is 1.62 bits per heavy atom. The molecule has 0 atom stereocenters. The van der Waals surface area contributed by atoms with Crippen LogP contribution in [0, 0.1) is 5.92 Å². The molecule has 32 heavy (non-hydrogen) atoms. The number of hydrogen-bond acceptors (Lipinski definition) is 4. The molecule has 0 saturated carbocycles. The van der Waals surface area contributed by atoms with Gasteiger partial charge in [0.1, 0.15) is 11.4 Å². The molecule has 0 bridgehead atoms. The van der Waals surface area contributed by atoms with E-state index in [2.05, 4.69) is 0 Å². The summed E-state index contributed by atoms with van der Waals surface area (Å²) in [5.41, 5.74) is 2.84. The maximum absolute atomic E-state index is 13.5. The summed E-state index contributed by atoms with van der Waals surface area (Å²) < 4.78 is 7.11. The average molecular weight is 433 g/mol. The zero-order chi connectivity index (χ0) is 22.7. The minimum Gasteiger partial charge on any atom is -0.497 e. The zero-order valence-electron chi connectivity index (χ0n) is 18.7. The van der Waals surface area contributed by atoms with Crippen molar-refractivity contribution in [3.05, 3.63) is 66.4 Å². The van der Waals surface area contributed by atoms with Crippen molar-refractivity contribution in [2.75, 3.05) is 33.3 Å². The Bertz CT molecular complexity index is 1100. The van der Waals surface area contributed by atoms with Gasteiger partial charge in [-0.2, -0.15) is 5.10 Å². The summed E-state index contributed by atoms with van der Waals surface area (Å²) in [6, 6.07) is 17.3. The summed E-state index contributed by atoms with van der Waals surface area (Å²) in [6.45, 7) is 5.90. The number of methoxy groups -OCH3 is 1. The Morgan fingerprint density at radius 1 is 0.938 bits per heavy atom. The lowest BCUT2D eigenvalue weighted by Crippen LogP contribution is -2.51. The van der Waals surface area contributed by atoms with Gasteiger partial charge in [0.2, 0.25) is 5.91 Å². The largest absolute Gasteiger partial charge is 0.497 e. The van der Waals surface area contributed by atoms with E-state index in [0.29, 0.717) is 43.2 Å². The lowest BCUT2D eigenvalue weighted by Gasteiger charge is -2.35. The van der Waals surface area contributed by atoms with Gasteiger partial charge in [-0.05, 0) is 24.3 Å². The number of carbonyl (C=O) groups is 2. The molecule has 1 aliphatic heterocycles. The van der Waals surface area contributed by atoms with E-state index in [-0.39, 0.29) is 17.7 Å². The van der Waals surface area contributed by atoms with Gasteiger partial charge in [0.05, 0.1) is 18.4 Å².